The number of nitrogen functional groups attached to an aromatic ring is 1. The highest BCUT2D eigenvalue weighted by Gasteiger charge is 2.17. The summed E-state index contributed by atoms with van der Waals surface area (Å²) in [5.74, 6) is 0.866. The van der Waals surface area contributed by atoms with E-state index in [0.717, 1.165) is 23.2 Å². The molecule has 10 heteroatoms. The van der Waals surface area contributed by atoms with Crippen LogP contribution in [-0.2, 0) is 23.0 Å². The highest BCUT2D eigenvalue weighted by atomic mass is 32.2. The Morgan fingerprint density at radius 3 is 2.46 bits per heavy atom. The van der Waals surface area contributed by atoms with Crippen LogP contribution in [0.2, 0.25) is 0 Å². The van der Waals surface area contributed by atoms with E-state index in [-0.39, 0.29) is 16.3 Å². The van der Waals surface area contributed by atoms with Crippen LogP contribution in [0.15, 0.2) is 90.0 Å². The molecule has 188 valence electrons. The number of hydrogen-bond donors (Lipinski definition) is 4. The molecule has 0 saturated heterocycles. The number of nitrogens with two attached hydrogens (primary N) is 1. The Morgan fingerprint density at radius 2 is 1.73 bits per heavy atom. The number of aromatic hydroxyl groups is 1. The second-order valence-electron chi connectivity index (χ2n) is 8.50. The Morgan fingerprint density at radius 1 is 1.00 bits per heavy atom. The second kappa shape index (κ2) is 9.82. The van der Waals surface area contributed by atoms with Crippen molar-refractivity contribution in [3.05, 3.63) is 96.2 Å². The molecule has 0 unspecified atom stereocenters. The van der Waals surface area contributed by atoms with E-state index in [4.69, 9.17) is 10.7 Å². The van der Waals surface area contributed by atoms with Crippen LogP contribution in [-0.4, -0.2) is 28.1 Å². The quantitative estimate of drug-likeness (QED) is 0.221. The maximum atomic E-state index is 12.7. The minimum absolute atomic E-state index is 0.0355. The first-order chi connectivity index (χ1) is 17.9. The van der Waals surface area contributed by atoms with Crippen molar-refractivity contribution in [3.8, 4) is 17.0 Å². The number of sulfonamides is 1. The first-order valence-electron chi connectivity index (χ1n) is 11.7. The number of nitrogens with one attached hydrogen (secondary N) is 2. The van der Waals surface area contributed by atoms with Gasteiger partial charge in [0.15, 0.2) is 5.65 Å². The minimum Gasteiger partial charge on any atom is -0.507 e. The van der Waals surface area contributed by atoms with Crippen LogP contribution < -0.4 is 15.8 Å². The number of benzene rings is 3. The lowest BCUT2D eigenvalue weighted by Crippen LogP contribution is -2.14. The normalized spacial score (nSPS) is 11.5. The van der Waals surface area contributed by atoms with Crippen LogP contribution in [0.3, 0.4) is 0 Å². The Balaban J connectivity index is 1.38. The molecule has 9 nitrogen and oxygen atoms in total. The van der Waals surface area contributed by atoms with Crippen LogP contribution in [0.1, 0.15) is 18.1 Å². The molecular formula is C27H26N6O3S. The third kappa shape index (κ3) is 4.91. The van der Waals surface area contributed by atoms with Gasteiger partial charge in [0.1, 0.15) is 16.5 Å². The Bertz CT molecular complexity index is 1680. The van der Waals surface area contributed by atoms with Crippen LogP contribution in [0, 0.1) is 0 Å². The van der Waals surface area contributed by atoms with E-state index in [2.05, 4.69) is 15.1 Å². The van der Waals surface area contributed by atoms with Crippen molar-refractivity contribution in [2.75, 3.05) is 15.8 Å². The molecular weight excluding hydrogens is 488 g/mol. The molecule has 0 fully saturated rings. The van der Waals surface area contributed by atoms with Gasteiger partial charge in [0.05, 0.1) is 17.6 Å². The summed E-state index contributed by atoms with van der Waals surface area (Å²) in [6.45, 7) is 2.50. The minimum atomic E-state index is -3.80. The van der Waals surface area contributed by atoms with Crippen molar-refractivity contribution in [1.82, 2.24) is 14.6 Å². The number of phenols is 1. The summed E-state index contributed by atoms with van der Waals surface area (Å²) < 4.78 is 29.7. The van der Waals surface area contributed by atoms with Crippen LogP contribution in [0.4, 0.5) is 17.2 Å². The van der Waals surface area contributed by atoms with Gasteiger partial charge in [-0.1, -0.05) is 43.3 Å². The second-order valence-corrected chi connectivity index (χ2v) is 10.1. The zero-order chi connectivity index (χ0) is 26.0. The highest BCUT2D eigenvalue weighted by molar-refractivity contribution is 7.92. The summed E-state index contributed by atoms with van der Waals surface area (Å²) in [6.07, 6.45) is 2.56. The molecule has 0 atom stereocenters. The van der Waals surface area contributed by atoms with Gasteiger partial charge in [-0.2, -0.15) is 9.61 Å². The number of rotatable bonds is 8. The number of aromatic nitrogens is 3. The molecule has 2 heterocycles. The third-order valence-electron chi connectivity index (χ3n) is 5.99. The Kier molecular flexibility index (Phi) is 6.41. The van der Waals surface area contributed by atoms with Crippen LogP contribution >= 0.6 is 0 Å². The average molecular weight is 515 g/mol. The van der Waals surface area contributed by atoms with E-state index < -0.39 is 10.0 Å². The van der Waals surface area contributed by atoms with Crippen molar-refractivity contribution in [2.24, 2.45) is 0 Å². The van der Waals surface area contributed by atoms with Crippen molar-refractivity contribution in [1.29, 1.82) is 0 Å². The first kappa shape index (κ1) is 24.1. The smallest absolute Gasteiger partial charge is 0.263 e. The standard InChI is InChI=1S/C27H26N6O3S/c1-2-19-17-30-33-26(15-23(31-27(19)33)21-7-3-5-9-24(21)34)29-16-18-11-13-20(14-12-18)32-37(35,36)25-10-6-4-8-22(25)28/h3-15,17,29,32,34H,2,16,28H2,1H3. The number of aryl methyl sites for hydroxylation is 1. The molecule has 0 spiro atoms. The van der Waals surface area contributed by atoms with Gasteiger partial charge in [0.2, 0.25) is 0 Å². The van der Waals surface area contributed by atoms with Gasteiger partial charge in [-0.15, -0.1) is 0 Å². The van der Waals surface area contributed by atoms with E-state index in [9.17, 15) is 13.5 Å². The molecule has 0 saturated carbocycles. The summed E-state index contributed by atoms with van der Waals surface area (Å²) >= 11 is 0. The van der Waals surface area contributed by atoms with E-state index >= 15 is 0 Å². The summed E-state index contributed by atoms with van der Waals surface area (Å²) in [4.78, 5) is 4.79. The fourth-order valence-electron chi connectivity index (χ4n) is 4.03. The molecule has 5 aromatic rings. The van der Waals surface area contributed by atoms with E-state index in [1.807, 2.05) is 37.3 Å². The number of phenolic OH excluding ortho intramolecular Hbond substituents is 1. The van der Waals surface area contributed by atoms with Gasteiger partial charge >= 0.3 is 0 Å². The number of hydrogen-bond acceptors (Lipinski definition) is 7. The summed E-state index contributed by atoms with van der Waals surface area (Å²) in [5.41, 5.74) is 10.4. The van der Waals surface area contributed by atoms with Gasteiger partial charge in [0, 0.05) is 29.4 Å². The van der Waals surface area contributed by atoms with Gasteiger partial charge in [0.25, 0.3) is 10.0 Å². The van der Waals surface area contributed by atoms with Crippen molar-refractivity contribution in [3.63, 3.8) is 0 Å². The number of nitrogens with zero attached hydrogens (tertiary/aromatic N) is 3. The van der Waals surface area contributed by atoms with Crippen molar-refractivity contribution in [2.45, 2.75) is 24.8 Å². The lowest BCUT2D eigenvalue weighted by molar-refractivity contribution is 0.477. The van der Waals surface area contributed by atoms with Gasteiger partial charge in [-0.25, -0.2) is 13.4 Å². The topological polar surface area (TPSA) is 135 Å². The van der Waals surface area contributed by atoms with Crippen LogP contribution in [0.5, 0.6) is 5.75 Å². The van der Waals surface area contributed by atoms with E-state index in [1.165, 1.54) is 6.07 Å². The summed E-state index contributed by atoms with van der Waals surface area (Å²) in [7, 11) is -3.80. The summed E-state index contributed by atoms with van der Waals surface area (Å²) in [5, 5.41) is 18.3. The molecule has 0 radical (unpaired) electrons. The van der Waals surface area contributed by atoms with Gasteiger partial charge < -0.3 is 16.2 Å². The summed E-state index contributed by atoms with van der Waals surface area (Å²) in [6, 6.07) is 22.3. The number of para-hydroxylation sites is 2. The molecule has 0 aliphatic heterocycles. The zero-order valence-electron chi connectivity index (χ0n) is 20.1. The molecule has 5 rings (SSSR count). The maximum Gasteiger partial charge on any atom is 0.263 e. The molecule has 0 aliphatic carbocycles. The fraction of sp³-hybridized carbons (Fsp3) is 0.111. The zero-order valence-corrected chi connectivity index (χ0v) is 20.9. The molecule has 3 aromatic carbocycles. The average Bonchev–Trinajstić information content (AvgIpc) is 3.31. The van der Waals surface area contributed by atoms with E-state index in [1.54, 1.807) is 53.2 Å². The molecule has 5 N–H and O–H groups in total. The lowest BCUT2D eigenvalue weighted by Gasteiger charge is -2.13. The van der Waals surface area contributed by atoms with Crippen molar-refractivity contribution < 1.29 is 13.5 Å². The molecule has 37 heavy (non-hydrogen) atoms. The van der Waals surface area contributed by atoms with Gasteiger partial charge in [-0.05, 0) is 48.4 Å². The lowest BCUT2D eigenvalue weighted by atomic mass is 10.1. The maximum absolute atomic E-state index is 12.7. The fourth-order valence-corrected chi connectivity index (χ4v) is 5.22. The Hall–Kier alpha value is -4.57. The monoisotopic (exact) mass is 514 g/mol. The van der Waals surface area contributed by atoms with Gasteiger partial charge in [-0.3, -0.25) is 4.72 Å². The number of anilines is 3. The predicted molar refractivity (Wildman–Crippen MR) is 145 cm³/mol. The highest BCUT2D eigenvalue weighted by Crippen LogP contribution is 2.30. The number of fused-ring (bicyclic) bond motifs is 1. The van der Waals surface area contributed by atoms with Crippen LogP contribution in [0.25, 0.3) is 16.9 Å². The predicted octanol–water partition coefficient (Wildman–Crippen LogP) is 4.66. The first-order valence-corrected chi connectivity index (χ1v) is 13.2. The molecule has 0 bridgehead atoms. The van der Waals surface area contributed by atoms with E-state index in [0.29, 0.717) is 29.3 Å². The van der Waals surface area contributed by atoms with Crippen molar-refractivity contribution >= 4 is 32.9 Å². The Labute approximate surface area is 214 Å². The third-order valence-corrected chi connectivity index (χ3v) is 7.45. The SMILES string of the molecule is CCc1cnn2c(NCc3ccc(NS(=O)(=O)c4ccccc4N)cc3)cc(-c3ccccc3O)nc12. The molecule has 2 aromatic heterocycles. The molecule has 0 aliphatic rings. The largest absolute Gasteiger partial charge is 0.507 e. The molecule has 0 amide bonds.